The molecule has 0 aliphatic heterocycles. The van der Waals surface area contributed by atoms with Gasteiger partial charge in [-0.3, -0.25) is 0 Å². The molecule has 0 aromatic heterocycles. The molecule has 0 saturated carbocycles. The molecule has 1 unspecified atom stereocenters. The molecule has 2 N–H and O–H groups in total. The fourth-order valence-corrected chi connectivity index (χ4v) is 2.15. The molecule has 0 amide bonds. The van der Waals surface area contributed by atoms with E-state index in [0.717, 1.165) is 5.56 Å². The van der Waals surface area contributed by atoms with Crippen LogP contribution in [0.5, 0.6) is 0 Å². The maximum absolute atomic E-state index is 8.96. The van der Waals surface area contributed by atoms with Gasteiger partial charge >= 0.3 is 0 Å². The smallest absolute Gasteiger partial charge is 0.0781 e. The molecule has 0 fully saturated rings. The van der Waals surface area contributed by atoms with E-state index in [1.54, 1.807) is 6.07 Å². The summed E-state index contributed by atoms with van der Waals surface area (Å²) in [6, 6.07) is 3.55. The molecule has 90 valence electrons. The first-order valence-electron chi connectivity index (χ1n) is 4.97. The van der Waals surface area contributed by atoms with Crippen molar-refractivity contribution in [3.05, 3.63) is 32.8 Å². The Hall–Kier alpha value is 0.01000. The van der Waals surface area contributed by atoms with Crippen molar-refractivity contribution in [2.75, 3.05) is 6.61 Å². The van der Waals surface area contributed by atoms with E-state index in [1.165, 1.54) is 0 Å². The summed E-state index contributed by atoms with van der Waals surface area (Å²) in [4.78, 5) is 0. The largest absolute Gasteiger partial charge is 0.395 e. The molecule has 0 aliphatic carbocycles. The zero-order chi connectivity index (χ0) is 12.3. The topological polar surface area (TPSA) is 32.3 Å². The van der Waals surface area contributed by atoms with Gasteiger partial charge in [-0.15, -0.1) is 0 Å². The summed E-state index contributed by atoms with van der Waals surface area (Å²) in [5, 5.41) is 13.4. The molecule has 2 atom stereocenters. The van der Waals surface area contributed by atoms with E-state index in [-0.39, 0.29) is 18.7 Å². The van der Waals surface area contributed by atoms with Crippen LogP contribution < -0.4 is 5.32 Å². The molecule has 1 rings (SSSR count). The Labute approximate surface area is 111 Å². The second-order valence-corrected chi connectivity index (χ2v) is 4.90. The molecule has 0 saturated heterocycles. The average Bonchev–Trinajstić information content (AvgIpc) is 2.25. The van der Waals surface area contributed by atoms with Crippen molar-refractivity contribution < 1.29 is 5.11 Å². The Morgan fingerprint density at radius 2 is 1.81 bits per heavy atom. The molecular formula is C11H14Cl3NO. The van der Waals surface area contributed by atoms with Crippen LogP contribution in [0.15, 0.2) is 12.1 Å². The molecule has 0 spiro atoms. The van der Waals surface area contributed by atoms with E-state index < -0.39 is 0 Å². The standard InChI is InChI=1S/C11H14Cl3NO/c1-6(5-16)15-7(2)8-3-4-9(12)11(14)10(8)13/h3-4,6-7,15-16H,5H2,1-2H3/t6-,7?/m0/s1. The fourth-order valence-electron chi connectivity index (χ4n) is 1.44. The maximum Gasteiger partial charge on any atom is 0.0781 e. The number of halogens is 3. The van der Waals surface area contributed by atoms with E-state index >= 15 is 0 Å². The highest BCUT2D eigenvalue weighted by Gasteiger charge is 2.15. The van der Waals surface area contributed by atoms with Crippen LogP contribution in [0.2, 0.25) is 15.1 Å². The monoisotopic (exact) mass is 281 g/mol. The lowest BCUT2D eigenvalue weighted by molar-refractivity contribution is 0.243. The molecule has 0 heterocycles. The summed E-state index contributed by atoms with van der Waals surface area (Å²) >= 11 is 17.9. The number of hydrogen-bond acceptors (Lipinski definition) is 2. The number of nitrogens with one attached hydrogen (secondary N) is 1. The lowest BCUT2D eigenvalue weighted by Gasteiger charge is -2.20. The minimum atomic E-state index is 0.000482. The van der Waals surface area contributed by atoms with E-state index in [1.807, 2.05) is 19.9 Å². The van der Waals surface area contributed by atoms with Crippen molar-refractivity contribution in [1.82, 2.24) is 5.32 Å². The van der Waals surface area contributed by atoms with Crippen molar-refractivity contribution >= 4 is 34.8 Å². The Bertz CT molecular complexity index is 370. The second kappa shape index (κ2) is 6.08. The third-order valence-electron chi connectivity index (χ3n) is 2.34. The van der Waals surface area contributed by atoms with Crippen LogP contribution in [-0.2, 0) is 0 Å². The summed E-state index contributed by atoms with van der Waals surface area (Å²) in [5.74, 6) is 0. The Morgan fingerprint density at radius 3 is 2.38 bits per heavy atom. The van der Waals surface area contributed by atoms with Gasteiger partial charge in [0.2, 0.25) is 0 Å². The maximum atomic E-state index is 8.96. The van der Waals surface area contributed by atoms with Crippen LogP contribution >= 0.6 is 34.8 Å². The van der Waals surface area contributed by atoms with Gasteiger partial charge in [0, 0.05) is 12.1 Å². The van der Waals surface area contributed by atoms with Gasteiger partial charge in [-0.1, -0.05) is 40.9 Å². The van der Waals surface area contributed by atoms with Gasteiger partial charge in [0.1, 0.15) is 0 Å². The zero-order valence-electron chi connectivity index (χ0n) is 9.10. The molecule has 16 heavy (non-hydrogen) atoms. The van der Waals surface area contributed by atoms with Gasteiger partial charge in [-0.2, -0.15) is 0 Å². The first kappa shape index (κ1) is 14.1. The molecule has 5 heteroatoms. The zero-order valence-corrected chi connectivity index (χ0v) is 11.4. The molecule has 0 bridgehead atoms. The minimum Gasteiger partial charge on any atom is -0.395 e. The number of aliphatic hydroxyl groups is 1. The van der Waals surface area contributed by atoms with Crippen molar-refractivity contribution in [2.24, 2.45) is 0 Å². The van der Waals surface area contributed by atoms with Crippen molar-refractivity contribution in [3.8, 4) is 0 Å². The van der Waals surface area contributed by atoms with E-state index in [9.17, 15) is 0 Å². The van der Waals surface area contributed by atoms with Gasteiger partial charge in [-0.25, -0.2) is 0 Å². The third-order valence-corrected chi connectivity index (χ3v) is 3.65. The second-order valence-electron chi connectivity index (χ2n) is 3.74. The van der Waals surface area contributed by atoms with Gasteiger partial charge < -0.3 is 10.4 Å². The van der Waals surface area contributed by atoms with Crippen LogP contribution in [0, 0.1) is 0 Å². The summed E-state index contributed by atoms with van der Waals surface area (Å²) in [6.07, 6.45) is 0. The van der Waals surface area contributed by atoms with Gasteiger partial charge in [-0.05, 0) is 25.5 Å². The van der Waals surface area contributed by atoms with E-state index in [2.05, 4.69) is 5.32 Å². The summed E-state index contributed by atoms with van der Waals surface area (Å²) in [7, 11) is 0. The van der Waals surface area contributed by atoms with Crippen LogP contribution in [-0.4, -0.2) is 17.8 Å². The predicted octanol–water partition coefficient (Wildman–Crippen LogP) is 3.68. The summed E-state index contributed by atoms with van der Waals surface area (Å²) < 4.78 is 0. The van der Waals surface area contributed by atoms with Crippen molar-refractivity contribution in [1.29, 1.82) is 0 Å². The SMILES string of the molecule is CC(N[C@@H](C)CO)c1ccc(Cl)c(Cl)c1Cl. The predicted molar refractivity (Wildman–Crippen MR) is 69.6 cm³/mol. The molecular weight excluding hydrogens is 268 g/mol. The normalized spacial score (nSPS) is 14.9. The van der Waals surface area contributed by atoms with E-state index in [4.69, 9.17) is 39.9 Å². The third kappa shape index (κ3) is 3.25. The Morgan fingerprint density at radius 1 is 1.19 bits per heavy atom. The molecule has 0 aliphatic rings. The lowest BCUT2D eigenvalue weighted by atomic mass is 10.1. The lowest BCUT2D eigenvalue weighted by Crippen LogP contribution is -2.31. The Balaban J connectivity index is 2.92. The van der Waals surface area contributed by atoms with Crippen LogP contribution in [0.25, 0.3) is 0 Å². The van der Waals surface area contributed by atoms with Gasteiger partial charge in [0.25, 0.3) is 0 Å². The minimum absolute atomic E-state index is 0.000482. The van der Waals surface area contributed by atoms with Crippen molar-refractivity contribution in [3.63, 3.8) is 0 Å². The quantitative estimate of drug-likeness (QED) is 0.826. The summed E-state index contributed by atoms with van der Waals surface area (Å²) in [6.45, 7) is 3.92. The fraction of sp³-hybridized carbons (Fsp3) is 0.455. The molecule has 2 nitrogen and oxygen atoms in total. The summed E-state index contributed by atoms with van der Waals surface area (Å²) in [5.41, 5.74) is 0.872. The Kier molecular flexibility index (Phi) is 5.35. The molecule has 1 aromatic carbocycles. The number of rotatable bonds is 4. The number of aliphatic hydroxyl groups excluding tert-OH is 1. The number of hydrogen-bond donors (Lipinski definition) is 2. The first-order chi connectivity index (χ1) is 7.47. The van der Waals surface area contributed by atoms with Crippen molar-refractivity contribution in [2.45, 2.75) is 25.9 Å². The highest BCUT2D eigenvalue weighted by molar-refractivity contribution is 6.48. The molecule has 0 radical (unpaired) electrons. The van der Waals surface area contributed by atoms with Gasteiger partial charge in [0.15, 0.2) is 0 Å². The van der Waals surface area contributed by atoms with Gasteiger partial charge in [0.05, 0.1) is 21.7 Å². The molecule has 1 aromatic rings. The average molecular weight is 283 g/mol. The first-order valence-corrected chi connectivity index (χ1v) is 6.11. The number of benzene rings is 1. The highest BCUT2D eigenvalue weighted by Crippen LogP contribution is 2.35. The van der Waals surface area contributed by atoms with Crippen LogP contribution in [0.4, 0.5) is 0 Å². The highest BCUT2D eigenvalue weighted by atomic mass is 35.5. The van der Waals surface area contributed by atoms with E-state index in [0.29, 0.717) is 15.1 Å². The van der Waals surface area contributed by atoms with Crippen LogP contribution in [0.3, 0.4) is 0 Å². The van der Waals surface area contributed by atoms with Crippen LogP contribution in [0.1, 0.15) is 25.5 Å².